The second-order valence-corrected chi connectivity index (χ2v) is 8.95. The molecule has 1 aromatic heterocycles. The highest BCUT2D eigenvalue weighted by atomic mass is 32.2. The Morgan fingerprint density at radius 3 is 2.64 bits per heavy atom. The standard InChI is InChI=1S/C24H34N4O4S/c1-6-8-10-13-32-18-12-11-17(15-19(18)30-4)21-20(22(29)31-5)16(3)25-23-26-24(27-28(21)23)33-14-9-7-2/h11-12,15,21H,6-10,13-14H2,1-5H3,(H,25,26,27). The van der Waals surface area contributed by atoms with Crippen LogP contribution in [0, 0.1) is 0 Å². The van der Waals surface area contributed by atoms with Gasteiger partial charge in [-0.15, -0.1) is 5.10 Å². The number of hydrogen-bond acceptors (Lipinski definition) is 8. The van der Waals surface area contributed by atoms with E-state index in [9.17, 15) is 4.79 Å². The molecule has 3 rings (SSSR count). The van der Waals surface area contributed by atoms with E-state index < -0.39 is 12.0 Å². The Hall–Kier alpha value is -2.68. The summed E-state index contributed by atoms with van der Waals surface area (Å²) in [6.07, 6.45) is 5.45. The molecule has 0 bridgehead atoms. The lowest BCUT2D eigenvalue weighted by Gasteiger charge is -2.28. The maximum atomic E-state index is 12.8. The van der Waals surface area contributed by atoms with Gasteiger partial charge >= 0.3 is 5.97 Å². The van der Waals surface area contributed by atoms with Gasteiger partial charge in [0.15, 0.2) is 11.5 Å². The molecule has 1 unspecified atom stereocenters. The summed E-state index contributed by atoms with van der Waals surface area (Å²) in [7, 11) is 3.00. The highest BCUT2D eigenvalue weighted by Crippen LogP contribution is 2.39. The van der Waals surface area contributed by atoms with Crippen molar-refractivity contribution in [3.8, 4) is 11.5 Å². The number of aromatic nitrogens is 3. The van der Waals surface area contributed by atoms with Crippen LogP contribution in [0.5, 0.6) is 11.5 Å². The molecule has 0 spiro atoms. The van der Waals surface area contributed by atoms with Crippen molar-refractivity contribution < 1.29 is 19.0 Å². The van der Waals surface area contributed by atoms with E-state index in [-0.39, 0.29) is 0 Å². The lowest BCUT2D eigenvalue weighted by atomic mass is 9.95. The van der Waals surface area contributed by atoms with E-state index >= 15 is 0 Å². The number of anilines is 1. The number of unbranched alkanes of at least 4 members (excludes halogenated alkanes) is 3. The largest absolute Gasteiger partial charge is 0.493 e. The van der Waals surface area contributed by atoms with Crippen molar-refractivity contribution in [2.45, 2.75) is 64.1 Å². The summed E-state index contributed by atoms with van der Waals surface area (Å²) in [5.74, 6) is 2.43. The molecular formula is C24H34N4O4S. The molecule has 1 aromatic carbocycles. The van der Waals surface area contributed by atoms with E-state index in [0.717, 1.165) is 43.4 Å². The average molecular weight is 475 g/mol. The number of rotatable bonds is 12. The number of allylic oxidation sites excluding steroid dienone is 1. The molecule has 1 aliphatic heterocycles. The zero-order valence-corrected chi connectivity index (χ0v) is 21.0. The van der Waals surface area contributed by atoms with Crippen molar-refractivity contribution in [3.05, 3.63) is 35.0 Å². The minimum absolute atomic E-state index is 0.412. The lowest BCUT2D eigenvalue weighted by Crippen LogP contribution is -2.29. The monoisotopic (exact) mass is 474 g/mol. The Morgan fingerprint density at radius 2 is 1.94 bits per heavy atom. The van der Waals surface area contributed by atoms with E-state index in [4.69, 9.17) is 19.3 Å². The Labute approximate surface area is 200 Å². The number of ether oxygens (including phenoxy) is 3. The van der Waals surface area contributed by atoms with Gasteiger partial charge in [0.05, 0.1) is 26.4 Å². The highest BCUT2D eigenvalue weighted by Gasteiger charge is 2.35. The van der Waals surface area contributed by atoms with E-state index in [1.54, 1.807) is 23.6 Å². The van der Waals surface area contributed by atoms with Gasteiger partial charge in [-0.25, -0.2) is 9.48 Å². The summed E-state index contributed by atoms with van der Waals surface area (Å²) in [4.78, 5) is 17.4. The SMILES string of the molecule is CCCCCOc1ccc(C2C(C(=O)OC)=C(C)Nc3nc(SCCCC)nn32)cc1OC. The Balaban J connectivity index is 1.98. The molecule has 33 heavy (non-hydrogen) atoms. The number of thioether (sulfide) groups is 1. The smallest absolute Gasteiger partial charge is 0.338 e. The molecule has 1 atom stereocenters. The van der Waals surface area contributed by atoms with Crippen LogP contribution in [0.15, 0.2) is 34.6 Å². The molecule has 0 fully saturated rings. The van der Waals surface area contributed by atoms with Crippen molar-refractivity contribution in [3.63, 3.8) is 0 Å². The van der Waals surface area contributed by atoms with Gasteiger partial charge in [-0.05, 0) is 37.5 Å². The van der Waals surface area contributed by atoms with Crippen LogP contribution in [0.4, 0.5) is 5.95 Å². The summed E-state index contributed by atoms with van der Waals surface area (Å²) in [5, 5.41) is 8.61. The molecule has 1 aliphatic rings. The molecule has 0 saturated heterocycles. The topological polar surface area (TPSA) is 87.5 Å². The Bertz CT molecular complexity index is 989. The van der Waals surface area contributed by atoms with Crippen molar-refractivity contribution in [2.24, 2.45) is 0 Å². The van der Waals surface area contributed by atoms with Crippen LogP contribution in [-0.4, -0.2) is 47.3 Å². The van der Waals surface area contributed by atoms with Crippen molar-refractivity contribution in [2.75, 3.05) is 31.9 Å². The predicted octanol–water partition coefficient (Wildman–Crippen LogP) is 5.21. The molecule has 2 aromatic rings. The first-order valence-electron chi connectivity index (χ1n) is 11.5. The summed E-state index contributed by atoms with van der Waals surface area (Å²) >= 11 is 1.61. The molecule has 0 amide bonds. The fourth-order valence-electron chi connectivity index (χ4n) is 3.69. The molecule has 8 nitrogen and oxygen atoms in total. The van der Waals surface area contributed by atoms with Crippen LogP contribution in [0.2, 0.25) is 0 Å². The third kappa shape index (κ3) is 5.82. The van der Waals surface area contributed by atoms with E-state index in [2.05, 4.69) is 24.1 Å². The summed E-state index contributed by atoms with van der Waals surface area (Å²) in [6.45, 7) is 6.80. The minimum Gasteiger partial charge on any atom is -0.493 e. The molecular weight excluding hydrogens is 440 g/mol. The summed E-state index contributed by atoms with van der Waals surface area (Å²) in [5.41, 5.74) is 2.01. The number of carbonyl (C=O) groups excluding carboxylic acids is 1. The van der Waals surface area contributed by atoms with Crippen molar-refractivity contribution in [1.29, 1.82) is 0 Å². The number of esters is 1. The fourth-order valence-corrected chi connectivity index (χ4v) is 4.60. The number of carbonyl (C=O) groups is 1. The molecule has 2 heterocycles. The lowest BCUT2D eigenvalue weighted by molar-refractivity contribution is -0.136. The number of nitrogens with one attached hydrogen (secondary N) is 1. The molecule has 1 N–H and O–H groups in total. The van der Waals surface area contributed by atoms with E-state index in [1.165, 1.54) is 7.11 Å². The molecule has 0 saturated carbocycles. The number of methoxy groups -OCH3 is 2. The van der Waals surface area contributed by atoms with Gasteiger partial charge in [0.25, 0.3) is 0 Å². The number of nitrogens with zero attached hydrogens (tertiary/aromatic N) is 3. The molecule has 9 heteroatoms. The second-order valence-electron chi connectivity index (χ2n) is 7.89. The number of benzene rings is 1. The zero-order valence-electron chi connectivity index (χ0n) is 20.1. The number of fused-ring (bicyclic) bond motifs is 1. The van der Waals surface area contributed by atoms with Gasteiger partial charge in [-0.2, -0.15) is 4.98 Å². The third-order valence-electron chi connectivity index (χ3n) is 5.48. The van der Waals surface area contributed by atoms with Crippen molar-refractivity contribution >= 4 is 23.7 Å². The quantitative estimate of drug-likeness (QED) is 0.255. The first kappa shape index (κ1) is 25.0. The Morgan fingerprint density at radius 1 is 1.15 bits per heavy atom. The van der Waals surface area contributed by atoms with Gasteiger partial charge in [-0.3, -0.25) is 0 Å². The highest BCUT2D eigenvalue weighted by molar-refractivity contribution is 7.99. The van der Waals surface area contributed by atoms with Gasteiger partial charge in [0.1, 0.15) is 6.04 Å². The van der Waals surface area contributed by atoms with Crippen LogP contribution in [0.1, 0.15) is 64.5 Å². The zero-order chi connectivity index (χ0) is 23.8. The second kappa shape index (κ2) is 12.0. The van der Waals surface area contributed by atoms with Crippen LogP contribution >= 0.6 is 11.8 Å². The normalized spacial score (nSPS) is 15.1. The minimum atomic E-state index is -0.496. The fraction of sp³-hybridized carbons (Fsp3) is 0.542. The molecule has 180 valence electrons. The van der Waals surface area contributed by atoms with Crippen molar-refractivity contribution in [1.82, 2.24) is 14.8 Å². The first-order chi connectivity index (χ1) is 16.0. The van der Waals surface area contributed by atoms with Crippen LogP contribution in [-0.2, 0) is 9.53 Å². The average Bonchev–Trinajstić information content (AvgIpc) is 3.22. The third-order valence-corrected chi connectivity index (χ3v) is 6.40. The van der Waals surface area contributed by atoms with E-state index in [0.29, 0.717) is 40.5 Å². The van der Waals surface area contributed by atoms with Crippen LogP contribution in [0.25, 0.3) is 0 Å². The van der Waals surface area contributed by atoms with E-state index in [1.807, 2.05) is 25.1 Å². The van der Waals surface area contributed by atoms with Crippen LogP contribution in [0.3, 0.4) is 0 Å². The van der Waals surface area contributed by atoms with Gasteiger partial charge < -0.3 is 19.5 Å². The maximum Gasteiger partial charge on any atom is 0.338 e. The maximum absolute atomic E-state index is 12.8. The van der Waals surface area contributed by atoms with Gasteiger partial charge in [0.2, 0.25) is 11.1 Å². The van der Waals surface area contributed by atoms with Gasteiger partial charge in [0, 0.05) is 11.4 Å². The first-order valence-corrected chi connectivity index (χ1v) is 12.5. The van der Waals surface area contributed by atoms with Gasteiger partial charge in [-0.1, -0.05) is 50.9 Å². The summed E-state index contributed by atoms with van der Waals surface area (Å²) in [6, 6.07) is 5.24. The predicted molar refractivity (Wildman–Crippen MR) is 130 cm³/mol. The number of hydrogen-bond donors (Lipinski definition) is 1. The Kier molecular flexibility index (Phi) is 9.05. The molecule has 0 radical (unpaired) electrons. The summed E-state index contributed by atoms with van der Waals surface area (Å²) < 4.78 is 18.4. The molecule has 0 aliphatic carbocycles. The van der Waals surface area contributed by atoms with Crippen LogP contribution < -0.4 is 14.8 Å².